The molecule has 3 nitrogen and oxygen atoms in total. The van der Waals surface area contributed by atoms with Crippen molar-refractivity contribution in [2.45, 2.75) is 20.3 Å². The van der Waals surface area contributed by atoms with Crippen molar-refractivity contribution in [3.8, 4) is 0 Å². The highest BCUT2D eigenvalue weighted by Gasteiger charge is 2.05. The zero-order valence-corrected chi connectivity index (χ0v) is 12.5. The van der Waals surface area contributed by atoms with Crippen LogP contribution in [0, 0.1) is 6.92 Å². The van der Waals surface area contributed by atoms with E-state index in [-0.39, 0.29) is 5.97 Å². The number of aryl methyl sites for hydroxylation is 1. The molecule has 0 bridgehead atoms. The number of anilines is 1. The van der Waals surface area contributed by atoms with Gasteiger partial charge in [0.2, 0.25) is 0 Å². The van der Waals surface area contributed by atoms with Crippen LogP contribution in [0.2, 0.25) is 0 Å². The molecule has 0 fully saturated rings. The molecule has 0 aliphatic rings. The van der Waals surface area contributed by atoms with Crippen molar-refractivity contribution in [3.05, 3.63) is 39.9 Å². The number of carbonyl (C=O) groups is 1. The molecule has 98 valence electrons. The predicted molar refractivity (Wildman–Crippen MR) is 77.8 cm³/mol. The third-order valence-electron chi connectivity index (χ3n) is 2.65. The lowest BCUT2D eigenvalue weighted by atomic mass is 10.2. The van der Waals surface area contributed by atoms with Crippen LogP contribution in [0.25, 0.3) is 0 Å². The SMILES string of the molecule is CC/C(=C/CNc1ccc(C)c(Br)c1)C(=O)OC. The van der Waals surface area contributed by atoms with Gasteiger partial charge in [0.05, 0.1) is 7.11 Å². The van der Waals surface area contributed by atoms with E-state index in [1.165, 1.54) is 12.7 Å². The largest absolute Gasteiger partial charge is 0.466 e. The van der Waals surface area contributed by atoms with Crippen molar-refractivity contribution < 1.29 is 9.53 Å². The Morgan fingerprint density at radius 3 is 2.78 bits per heavy atom. The highest BCUT2D eigenvalue weighted by molar-refractivity contribution is 9.10. The Bertz CT molecular complexity index is 455. The van der Waals surface area contributed by atoms with Crippen molar-refractivity contribution in [2.24, 2.45) is 0 Å². The van der Waals surface area contributed by atoms with Crippen LogP contribution in [0.3, 0.4) is 0 Å². The molecule has 1 rings (SSSR count). The smallest absolute Gasteiger partial charge is 0.333 e. The van der Waals surface area contributed by atoms with Crippen LogP contribution < -0.4 is 5.32 Å². The van der Waals surface area contributed by atoms with Gasteiger partial charge in [0.25, 0.3) is 0 Å². The van der Waals surface area contributed by atoms with E-state index in [0.29, 0.717) is 18.5 Å². The minimum Gasteiger partial charge on any atom is -0.466 e. The van der Waals surface area contributed by atoms with Crippen LogP contribution in [0.4, 0.5) is 5.69 Å². The summed E-state index contributed by atoms with van der Waals surface area (Å²) in [4.78, 5) is 11.4. The standard InChI is InChI=1S/C14H18BrNO2/c1-4-11(14(17)18-3)7-8-16-12-6-5-10(2)13(15)9-12/h5-7,9,16H,4,8H2,1-3H3/b11-7-. The summed E-state index contributed by atoms with van der Waals surface area (Å²) in [6, 6.07) is 6.07. The van der Waals surface area contributed by atoms with Gasteiger partial charge >= 0.3 is 5.97 Å². The molecule has 0 radical (unpaired) electrons. The summed E-state index contributed by atoms with van der Waals surface area (Å²) < 4.78 is 5.77. The summed E-state index contributed by atoms with van der Waals surface area (Å²) in [5.74, 6) is -0.260. The molecule has 0 saturated carbocycles. The van der Waals surface area contributed by atoms with Gasteiger partial charge in [0.1, 0.15) is 0 Å². The number of benzene rings is 1. The van der Waals surface area contributed by atoms with Gasteiger partial charge in [0.15, 0.2) is 0 Å². The molecule has 0 atom stereocenters. The van der Waals surface area contributed by atoms with Gasteiger partial charge in [-0.15, -0.1) is 0 Å². The van der Waals surface area contributed by atoms with E-state index in [1.807, 2.05) is 38.1 Å². The molecule has 0 heterocycles. The van der Waals surface area contributed by atoms with E-state index in [2.05, 4.69) is 21.2 Å². The zero-order valence-electron chi connectivity index (χ0n) is 10.9. The van der Waals surface area contributed by atoms with Gasteiger partial charge in [-0.25, -0.2) is 4.79 Å². The number of methoxy groups -OCH3 is 1. The summed E-state index contributed by atoms with van der Waals surface area (Å²) >= 11 is 3.49. The lowest BCUT2D eigenvalue weighted by Crippen LogP contribution is -2.07. The third kappa shape index (κ3) is 4.18. The molecule has 18 heavy (non-hydrogen) atoms. The fourth-order valence-corrected chi connectivity index (χ4v) is 1.88. The molecule has 0 aromatic heterocycles. The summed E-state index contributed by atoms with van der Waals surface area (Å²) in [7, 11) is 1.40. The Morgan fingerprint density at radius 2 is 2.22 bits per heavy atom. The van der Waals surface area contributed by atoms with E-state index < -0.39 is 0 Å². The van der Waals surface area contributed by atoms with Gasteiger partial charge in [-0.3, -0.25) is 0 Å². The van der Waals surface area contributed by atoms with E-state index >= 15 is 0 Å². The van der Waals surface area contributed by atoms with Gasteiger partial charge < -0.3 is 10.1 Å². The van der Waals surface area contributed by atoms with Crippen LogP contribution in [-0.4, -0.2) is 19.6 Å². The van der Waals surface area contributed by atoms with Crippen molar-refractivity contribution >= 4 is 27.6 Å². The number of hydrogen-bond donors (Lipinski definition) is 1. The molecule has 0 aliphatic carbocycles. The second kappa shape index (κ2) is 7.21. The quantitative estimate of drug-likeness (QED) is 0.666. The predicted octanol–water partition coefficient (Wildman–Crippen LogP) is 3.68. The first-order valence-electron chi connectivity index (χ1n) is 5.85. The summed E-state index contributed by atoms with van der Waals surface area (Å²) in [5.41, 5.74) is 2.90. The maximum atomic E-state index is 11.4. The van der Waals surface area contributed by atoms with Gasteiger partial charge in [-0.2, -0.15) is 0 Å². The van der Waals surface area contributed by atoms with E-state index in [4.69, 9.17) is 4.74 Å². The molecule has 1 N–H and O–H groups in total. The normalized spacial score (nSPS) is 11.2. The van der Waals surface area contributed by atoms with Crippen LogP contribution in [0.15, 0.2) is 34.3 Å². The maximum absolute atomic E-state index is 11.4. The molecule has 0 aliphatic heterocycles. The van der Waals surface area contributed by atoms with Crippen LogP contribution >= 0.6 is 15.9 Å². The summed E-state index contributed by atoms with van der Waals surface area (Å²) in [6.45, 7) is 4.58. The van der Waals surface area contributed by atoms with Gasteiger partial charge in [-0.05, 0) is 31.0 Å². The van der Waals surface area contributed by atoms with E-state index in [0.717, 1.165) is 10.2 Å². The Hall–Kier alpha value is -1.29. The van der Waals surface area contributed by atoms with E-state index in [9.17, 15) is 4.79 Å². The average molecular weight is 312 g/mol. The van der Waals surface area contributed by atoms with Gasteiger partial charge in [-0.1, -0.05) is 35.0 Å². The van der Waals surface area contributed by atoms with Crippen molar-refractivity contribution in [1.82, 2.24) is 0 Å². The fraction of sp³-hybridized carbons (Fsp3) is 0.357. The number of carbonyl (C=O) groups excluding carboxylic acids is 1. The number of rotatable bonds is 5. The number of esters is 1. The molecule has 0 amide bonds. The summed E-state index contributed by atoms with van der Waals surface area (Å²) in [6.07, 6.45) is 2.53. The monoisotopic (exact) mass is 311 g/mol. The molecule has 4 heteroatoms. The Balaban J connectivity index is 2.62. The third-order valence-corrected chi connectivity index (χ3v) is 3.51. The highest BCUT2D eigenvalue weighted by Crippen LogP contribution is 2.20. The molecule has 1 aromatic carbocycles. The molecule has 1 aromatic rings. The lowest BCUT2D eigenvalue weighted by molar-refractivity contribution is -0.136. The minimum absolute atomic E-state index is 0.260. The molecule has 0 saturated heterocycles. The fourth-order valence-electron chi connectivity index (χ4n) is 1.50. The average Bonchev–Trinajstić information content (AvgIpc) is 2.38. The highest BCUT2D eigenvalue weighted by atomic mass is 79.9. The topological polar surface area (TPSA) is 38.3 Å². The molecular weight excluding hydrogens is 294 g/mol. The second-order valence-electron chi connectivity index (χ2n) is 3.92. The number of halogens is 1. The Morgan fingerprint density at radius 1 is 1.50 bits per heavy atom. The van der Waals surface area contributed by atoms with Crippen LogP contribution in [0.1, 0.15) is 18.9 Å². The lowest BCUT2D eigenvalue weighted by Gasteiger charge is -2.07. The van der Waals surface area contributed by atoms with Gasteiger partial charge in [0, 0.05) is 22.3 Å². The number of nitrogens with one attached hydrogen (secondary N) is 1. The first kappa shape index (κ1) is 14.8. The molecular formula is C14H18BrNO2. The minimum atomic E-state index is -0.260. The molecule has 0 unspecified atom stereocenters. The van der Waals surface area contributed by atoms with Crippen LogP contribution in [0.5, 0.6) is 0 Å². The van der Waals surface area contributed by atoms with Crippen LogP contribution in [-0.2, 0) is 9.53 Å². The van der Waals surface area contributed by atoms with Crippen molar-refractivity contribution in [1.29, 1.82) is 0 Å². The van der Waals surface area contributed by atoms with Crippen molar-refractivity contribution in [3.63, 3.8) is 0 Å². The second-order valence-corrected chi connectivity index (χ2v) is 4.77. The van der Waals surface area contributed by atoms with E-state index in [1.54, 1.807) is 0 Å². The zero-order chi connectivity index (χ0) is 13.5. The Labute approximate surface area is 116 Å². The maximum Gasteiger partial charge on any atom is 0.333 e. The summed E-state index contributed by atoms with van der Waals surface area (Å²) in [5, 5.41) is 3.24. The Kier molecular flexibility index (Phi) is 5.92. The number of ether oxygens (including phenoxy) is 1. The molecule has 0 spiro atoms. The van der Waals surface area contributed by atoms with Crippen molar-refractivity contribution in [2.75, 3.05) is 19.0 Å². The first-order chi connectivity index (χ1) is 8.58. The number of hydrogen-bond acceptors (Lipinski definition) is 3. The first-order valence-corrected chi connectivity index (χ1v) is 6.65.